The van der Waals surface area contributed by atoms with E-state index < -0.39 is 16.6 Å². The van der Waals surface area contributed by atoms with Crippen molar-refractivity contribution in [3.05, 3.63) is 26.0 Å². The molecule has 4 nitrogen and oxygen atoms in total. The molecule has 0 aliphatic heterocycles. The van der Waals surface area contributed by atoms with Gasteiger partial charge in [0.1, 0.15) is 0 Å². The van der Waals surface area contributed by atoms with E-state index in [1.54, 1.807) is 14.0 Å². The van der Waals surface area contributed by atoms with Gasteiger partial charge < -0.3 is 10.4 Å². The van der Waals surface area contributed by atoms with Gasteiger partial charge in [0.05, 0.1) is 5.56 Å². The van der Waals surface area contributed by atoms with E-state index in [-0.39, 0.29) is 11.6 Å². The van der Waals surface area contributed by atoms with Crippen LogP contribution in [0.2, 0.25) is 0 Å². The fraction of sp³-hybridized carbons (Fsp3) is 0.429. The quantitative estimate of drug-likeness (QED) is 0.552. The van der Waals surface area contributed by atoms with Gasteiger partial charge in [0, 0.05) is 6.04 Å². The van der Waals surface area contributed by atoms with Gasteiger partial charge in [-0.15, -0.1) is 0 Å². The molecule has 1 atom stereocenters. The second kappa shape index (κ2) is 2.47. The van der Waals surface area contributed by atoms with Crippen LogP contribution in [0.1, 0.15) is 18.5 Å². The van der Waals surface area contributed by atoms with Crippen LogP contribution in [0.3, 0.4) is 0 Å². The summed E-state index contributed by atoms with van der Waals surface area (Å²) in [5.41, 5.74) is -1.16. The Morgan fingerprint density at radius 2 is 1.91 bits per heavy atom. The van der Waals surface area contributed by atoms with E-state index in [9.17, 15) is 9.59 Å². The molecular formula is C7H9NO3. The van der Waals surface area contributed by atoms with Gasteiger partial charge in [0.2, 0.25) is 5.43 Å². The number of hydrogen-bond acceptors (Lipinski definition) is 4. The lowest BCUT2D eigenvalue weighted by Crippen LogP contribution is -2.38. The first-order valence-electron chi connectivity index (χ1n) is 3.29. The second-order valence-corrected chi connectivity index (χ2v) is 2.43. The van der Waals surface area contributed by atoms with Crippen LogP contribution in [0.25, 0.3) is 0 Å². The third kappa shape index (κ3) is 0.952. The van der Waals surface area contributed by atoms with E-state index in [4.69, 9.17) is 5.11 Å². The molecule has 0 radical (unpaired) electrons. The first-order valence-corrected chi connectivity index (χ1v) is 3.29. The normalized spacial score (nSPS) is 13.6. The van der Waals surface area contributed by atoms with E-state index in [0.717, 1.165) is 0 Å². The predicted octanol–water partition coefficient (Wildman–Crippen LogP) is -0.731. The van der Waals surface area contributed by atoms with Crippen molar-refractivity contribution in [2.75, 3.05) is 7.05 Å². The zero-order chi connectivity index (χ0) is 8.59. The lowest BCUT2D eigenvalue weighted by molar-refractivity contribution is 0.441. The third-order valence-electron chi connectivity index (χ3n) is 1.79. The van der Waals surface area contributed by atoms with Crippen LogP contribution in [0.4, 0.5) is 0 Å². The maximum Gasteiger partial charge on any atom is 0.268 e. The molecule has 0 aliphatic carbocycles. The summed E-state index contributed by atoms with van der Waals surface area (Å²) in [6.07, 6.45) is 0. The fourth-order valence-corrected chi connectivity index (χ4v) is 0.943. The fourth-order valence-electron chi connectivity index (χ4n) is 0.943. The summed E-state index contributed by atoms with van der Waals surface area (Å²) in [6, 6.07) is -0.250. The van der Waals surface area contributed by atoms with E-state index in [1.807, 2.05) is 0 Å². The average molecular weight is 155 g/mol. The zero-order valence-electron chi connectivity index (χ0n) is 6.34. The van der Waals surface area contributed by atoms with E-state index in [1.165, 1.54) is 0 Å². The Balaban J connectivity index is 3.09. The Kier molecular flexibility index (Phi) is 1.78. The van der Waals surface area contributed by atoms with Crippen molar-refractivity contribution in [2.45, 2.75) is 13.0 Å². The smallest absolute Gasteiger partial charge is 0.268 e. The largest absolute Gasteiger partial charge is 0.504 e. The van der Waals surface area contributed by atoms with Gasteiger partial charge in [-0.3, -0.25) is 9.59 Å². The van der Waals surface area contributed by atoms with Gasteiger partial charge in [-0.1, -0.05) is 0 Å². The van der Waals surface area contributed by atoms with Gasteiger partial charge in [-0.2, -0.15) is 0 Å². The maximum atomic E-state index is 10.8. The molecule has 1 aromatic rings. The first kappa shape index (κ1) is 7.94. The van der Waals surface area contributed by atoms with Crippen LogP contribution < -0.4 is 16.2 Å². The monoisotopic (exact) mass is 155 g/mol. The zero-order valence-corrected chi connectivity index (χ0v) is 6.34. The minimum Gasteiger partial charge on any atom is -0.504 e. The molecule has 2 N–H and O–H groups in total. The number of rotatable bonds is 2. The van der Waals surface area contributed by atoms with Gasteiger partial charge in [0.25, 0.3) is 5.43 Å². The first-order chi connectivity index (χ1) is 5.09. The molecule has 0 saturated carbocycles. The highest BCUT2D eigenvalue weighted by molar-refractivity contribution is 5.40. The molecule has 0 aliphatic rings. The second-order valence-electron chi connectivity index (χ2n) is 2.43. The molecule has 0 bridgehead atoms. The Morgan fingerprint density at radius 1 is 1.36 bits per heavy atom. The highest BCUT2D eigenvalue weighted by atomic mass is 16.3. The van der Waals surface area contributed by atoms with Crippen molar-refractivity contribution >= 4 is 0 Å². The Morgan fingerprint density at radius 3 is 2.27 bits per heavy atom. The van der Waals surface area contributed by atoms with Gasteiger partial charge in [-0.05, 0) is 14.0 Å². The summed E-state index contributed by atoms with van der Waals surface area (Å²) in [5, 5.41) is 11.7. The molecule has 0 spiro atoms. The Bertz CT molecular complexity index is 335. The average Bonchev–Trinajstić information content (AvgIpc) is 2.04. The van der Waals surface area contributed by atoms with Gasteiger partial charge in [0.15, 0.2) is 5.75 Å². The maximum absolute atomic E-state index is 10.8. The summed E-state index contributed by atoms with van der Waals surface area (Å²) < 4.78 is 0. The van der Waals surface area contributed by atoms with Crippen LogP contribution in [0, 0.1) is 0 Å². The van der Waals surface area contributed by atoms with Crippen molar-refractivity contribution in [3.8, 4) is 5.75 Å². The molecule has 1 aromatic carbocycles. The number of hydrogen-bond donors (Lipinski definition) is 2. The van der Waals surface area contributed by atoms with Crippen LogP contribution in [0.15, 0.2) is 9.59 Å². The molecular weight excluding hydrogens is 146 g/mol. The minimum atomic E-state index is -0.776. The van der Waals surface area contributed by atoms with E-state index in [2.05, 4.69) is 5.32 Å². The topological polar surface area (TPSA) is 66.4 Å². The van der Waals surface area contributed by atoms with Crippen LogP contribution >= 0.6 is 0 Å². The molecule has 4 heteroatoms. The lowest BCUT2D eigenvalue weighted by Gasteiger charge is -2.11. The molecule has 60 valence electrons. The predicted molar refractivity (Wildman–Crippen MR) is 40.5 cm³/mol. The van der Waals surface area contributed by atoms with Crippen molar-refractivity contribution in [3.63, 3.8) is 0 Å². The number of aromatic hydroxyl groups is 1. The molecule has 0 amide bonds. The summed E-state index contributed by atoms with van der Waals surface area (Å²) >= 11 is 0. The minimum absolute atomic E-state index is 0.192. The molecule has 11 heavy (non-hydrogen) atoms. The molecule has 1 rings (SSSR count). The van der Waals surface area contributed by atoms with Crippen molar-refractivity contribution < 1.29 is 5.11 Å². The van der Waals surface area contributed by atoms with Gasteiger partial charge in [-0.25, -0.2) is 0 Å². The van der Waals surface area contributed by atoms with Crippen LogP contribution in [-0.4, -0.2) is 12.2 Å². The standard InChI is InChI=1S/C7H9NO3/c1-3(8-2)4-5(9)7(11)6(4)10/h3,8-9H,1-2H3. The van der Waals surface area contributed by atoms with Gasteiger partial charge >= 0.3 is 0 Å². The molecule has 0 saturated heterocycles. The van der Waals surface area contributed by atoms with Crippen molar-refractivity contribution in [2.24, 2.45) is 0 Å². The molecule has 0 heterocycles. The van der Waals surface area contributed by atoms with Crippen LogP contribution in [-0.2, 0) is 0 Å². The summed E-state index contributed by atoms with van der Waals surface area (Å²) in [4.78, 5) is 21.3. The lowest BCUT2D eigenvalue weighted by atomic mass is 10.0. The summed E-state index contributed by atoms with van der Waals surface area (Å²) in [5.74, 6) is -0.392. The Labute approximate surface area is 63.2 Å². The summed E-state index contributed by atoms with van der Waals surface area (Å²) in [7, 11) is 1.65. The highest BCUT2D eigenvalue weighted by Crippen LogP contribution is 2.16. The number of nitrogens with one attached hydrogen (secondary N) is 1. The Hall–Kier alpha value is -1.16. The summed E-state index contributed by atoms with van der Waals surface area (Å²) in [6.45, 7) is 1.70. The van der Waals surface area contributed by atoms with E-state index in [0.29, 0.717) is 0 Å². The van der Waals surface area contributed by atoms with Crippen molar-refractivity contribution in [1.82, 2.24) is 5.32 Å². The van der Waals surface area contributed by atoms with Crippen LogP contribution in [0.5, 0.6) is 5.75 Å². The molecule has 0 fully saturated rings. The molecule has 0 aromatic heterocycles. The third-order valence-corrected chi connectivity index (χ3v) is 1.79. The SMILES string of the molecule is CNC(C)c1c(O)c(=O)c1=O. The van der Waals surface area contributed by atoms with E-state index >= 15 is 0 Å². The molecule has 1 unspecified atom stereocenters. The van der Waals surface area contributed by atoms with Crippen molar-refractivity contribution in [1.29, 1.82) is 0 Å². The highest BCUT2D eigenvalue weighted by Gasteiger charge is 2.23.